The van der Waals surface area contributed by atoms with Crippen molar-refractivity contribution in [2.24, 2.45) is 17.8 Å². The van der Waals surface area contributed by atoms with Gasteiger partial charge in [0.25, 0.3) is 0 Å². The smallest absolute Gasteiger partial charge is 0.00479 e. The summed E-state index contributed by atoms with van der Waals surface area (Å²) in [7, 11) is 2.85. The summed E-state index contributed by atoms with van der Waals surface area (Å²) in [6.45, 7) is 5.07. The van der Waals surface area contributed by atoms with Crippen molar-refractivity contribution in [1.82, 2.24) is 4.67 Å². The Bertz CT molecular complexity index is 148. The molecule has 4 atom stereocenters. The summed E-state index contributed by atoms with van der Waals surface area (Å²) < 4.78 is 2.42. The first-order valence-electron chi connectivity index (χ1n) is 4.75. The fourth-order valence-corrected chi connectivity index (χ4v) is 3.24. The quantitative estimate of drug-likeness (QED) is 0.505. The van der Waals surface area contributed by atoms with Crippen molar-refractivity contribution in [2.75, 3.05) is 13.1 Å². The molecule has 4 unspecified atom stereocenters. The highest BCUT2D eigenvalue weighted by Crippen LogP contribution is 2.39. The molecule has 1 saturated heterocycles. The van der Waals surface area contributed by atoms with Crippen molar-refractivity contribution in [1.29, 1.82) is 0 Å². The van der Waals surface area contributed by atoms with Gasteiger partial charge in [-0.3, -0.25) is 4.67 Å². The molecule has 0 aromatic heterocycles. The Morgan fingerprint density at radius 1 is 1.18 bits per heavy atom. The van der Waals surface area contributed by atoms with E-state index >= 15 is 0 Å². The molecule has 0 N–H and O–H groups in total. The van der Waals surface area contributed by atoms with Gasteiger partial charge in [-0.15, -0.1) is 0 Å². The van der Waals surface area contributed by atoms with E-state index in [1.54, 1.807) is 0 Å². The van der Waals surface area contributed by atoms with Gasteiger partial charge in [-0.1, -0.05) is 22.7 Å². The second-order valence-corrected chi connectivity index (χ2v) is 5.12. The summed E-state index contributed by atoms with van der Waals surface area (Å²) in [6.07, 6.45) is 4.44. The van der Waals surface area contributed by atoms with E-state index in [2.05, 4.69) is 21.0 Å². The molecule has 0 spiro atoms. The van der Waals surface area contributed by atoms with Gasteiger partial charge in [0.1, 0.15) is 0 Å². The average Bonchev–Trinajstić information content (AvgIpc) is 2.27. The molecule has 0 bridgehead atoms. The van der Waals surface area contributed by atoms with Gasteiger partial charge >= 0.3 is 0 Å². The Morgan fingerprint density at radius 2 is 1.91 bits per heavy atom. The minimum Gasteiger partial charge on any atom is -0.287 e. The third kappa shape index (κ3) is 1.60. The van der Waals surface area contributed by atoms with Gasteiger partial charge in [-0.25, -0.2) is 0 Å². The van der Waals surface area contributed by atoms with E-state index in [1.165, 1.54) is 32.4 Å². The predicted molar refractivity (Wildman–Crippen MR) is 51.3 cm³/mol. The molecule has 11 heavy (non-hydrogen) atoms. The molecule has 2 heteroatoms. The fourth-order valence-electron chi connectivity index (χ4n) is 2.70. The van der Waals surface area contributed by atoms with Crippen LogP contribution in [0.2, 0.25) is 0 Å². The third-order valence-corrected chi connectivity index (χ3v) is 3.76. The topological polar surface area (TPSA) is 3.24 Å². The second kappa shape index (κ2) is 3.03. The van der Waals surface area contributed by atoms with Crippen molar-refractivity contribution < 1.29 is 0 Å². The zero-order valence-corrected chi connectivity index (χ0v) is 8.45. The molecular weight excluding hydrogens is 153 g/mol. The summed E-state index contributed by atoms with van der Waals surface area (Å²) in [5.74, 6) is 3.05. The first-order chi connectivity index (χ1) is 5.25. The molecular formula is C9H18NP. The van der Waals surface area contributed by atoms with Gasteiger partial charge < -0.3 is 0 Å². The number of fused-ring (bicyclic) bond motifs is 1. The molecule has 1 aliphatic heterocycles. The lowest BCUT2D eigenvalue weighted by Crippen LogP contribution is -2.21. The van der Waals surface area contributed by atoms with Crippen LogP contribution in [-0.4, -0.2) is 17.8 Å². The largest absolute Gasteiger partial charge is 0.287 e. The van der Waals surface area contributed by atoms with Gasteiger partial charge in [0.2, 0.25) is 0 Å². The molecule has 2 fully saturated rings. The van der Waals surface area contributed by atoms with Crippen LogP contribution in [0.4, 0.5) is 0 Å². The molecule has 1 nitrogen and oxygen atoms in total. The number of hydrogen-bond donors (Lipinski definition) is 0. The van der Waals surface area contributed by atoms with E-state index < -0.39 is 0 Å². The average molecular weight is 171 g/mol. The zero-order valence-electron chi connectivity index (χ0n) is 7.29. The summed E-state index contributed by atoms with van der Waals surface area (Å²) in [4.78, 5) is 0. The molecule has 0 amide bonds. The maximum absolute atomic E-state index is 2.85. The standard InChI is InChI=1S/C9H18NP/c1-7-2-3-8-5-10(11)6-9(8)4-7/h7-9H,2-6,11H2,1H3. The molecule has 1 saturated carbocycles. The van der Waals surface area contributed by atoms with Crippen LogP contribution in [0.25, 0.3) is 0 Å². The monoisotopic (exact) mass is 171 g/mol. The lowest BCUT2D eigenvalue weighted by Gasteiger charge is -2.28. The van der Waals surface area contributed by atoms with Gasteiger partial charge in [0.05, 0.1) is 0 Å². The Morgan fingerprint density at radius 3 is 2.73 bits per heavy atom. The van der Waals surface area contributed by atoms with Gasteiger partial charge in [-0.05, 0) is 30.6 Å². The molecule has 2 aliphatic rings. The molecule has 2 rings (SSSR count). The highest BCUT2D eigenvalue weighted by molar-refractivity contribution is 7.13. The SMILES string of the molecule is CC1CCC2CN(P)CC2C1. The minimum absolute atomic E-state index is 0.993. The summed E-state index contributed by atoms with van der Waals surface area (Å²) >= 11 is 0. The number of hydrogen-bond acceptors (Lipinski definition) is 1. The molecule has 0 radical (unpaired) electrons. The van der Waals surface area contributed by atoms with Crippen LogP contribution < -0.4 is 0 Å². The molecule has 1 heterocycles. The normalized spacial score (nSPS) is 45.8. The summed E-state index contributed by atoms with van der Waals surface area (Å²) in [5, 5.41) is 0. The van der Waals surface area contributed by atoms with Gasteiger partial charge in [0, 0.05) is 13.1 Å². The second-order valence-electron chi connectivity index (χ2n) is 4.39. The third-order valence-electron chi connectivity index (χ3n) is 3.34. The van der Waals surface area contributed by atoms with Gasteiger partial charge in [0.15, 0.2) is 0 Å². The van der Waals surface area contributed by atoms with Crippen LogP contribution >= 0.6 is 9.39 Å². The summed E-state index contributed by atoms with van der Waals surface area (Å²) in [5.41, 5.74) is 0. The molecule has 64 valence electrons. The highest BCUT2D eigenvalue weighted by Gasteiger charge is 2.34. The highest BCUT2D eigenvalue weighted by atomic mass is 31.0. The van der Waals surface area contributed by atoms with Crippen molar-refractivity contribution in [3.63, 3.8) is 0 Å². The first-order valence-corrected chi connectivity index (χ1v) is 5.27. The van der Waals surface area contributed by atoms with E-state index in [9.17, 15) is 0 Å². The van der Waals surface area contributed by atoms with Crippen molar-refractivity contribution in [3.05, 3.63) is 0 Å². The van der Waals surface area contributed by atoms with Crippen LogP contribution in [0.15, 0.2) is 0 Å². The van der Waals surface area contributed by atoms with E-state index in [1.807, 2.05) is 0 Å². The van der Waals surface area contributed by atoms with E-state index in [0.717, 1.165) is 17.8 Å². The Kier molecular flexibility index (Phi) is 2.21. The Labute approximate surface area is 71.8 Å². The van der Waals surface area contributed by atoms with E-state index in [4.69, 9.17) is 0 Å². The van der Waals surface area contributed by atoms with Crippen LogP contribution in [-0.2, 0) is 0 Å². The Hall–Kier alpha value is 0.390. The van der Waals surface area contributed by atoms with Crippen molar-refractivity contribution in [3.8, 4) is 0 Å². The molecule has 0 aromatic carbocycles. The first kappa shape index (κ1) is 8.01. The van der Waals surface area contributed by atoms with E-state index in [-0.39, 0.29) is 0 Å². The van der Waals surface area contributed by atoms with Crippen molar-refractivity contribution in [2.45, 2.75) is 26.2 Å². The number of nitrogens with zero attached hydrogens (tertiary/aromatic N) is 1. The fraction of sp³-hybridized carbons (Fsp3) is 1.00. The zero-order chi connectivity index (χ0) is 7.84. The van der Waals surface area contributed by atoms with Crippen molar-refractivity contribution >= 4 is 9.39 Å². The van der Waals surface area contributed by atoms with Crippen LogP contribution in [0.1, 0.15) is 26.2 Å². The lowest BCUT2D eigenvalue weighted by molar-refractivity contribution is 0.238. The molecule has 0 aromatic rings. The number of rotatable bonds is 0. The molecule has 1 aliphatic carbocycles. The van der Waals surface area contributed by atoms with Crippen LogP contribution in [0.3, 0.4) is 0 Å². The predicted octanol–water partition coefficient (Wildman–Crippen LogP) is 2.14. The maximum atomic E-state index is 2.85. The van der Waals surface area contributed by atoms with Crippen LogP contribution in [0, 0.1) is 17.8 Å². The lowest BCUT2D eigenvalue weighted by atomic mass is 9.77. The maximum Gasteiger partial charge on any atom is 0.00479 e. The van der Waals surface area contributed by atoms with Crippen LogP contribution in [0.5, 0.6) is 0 Å². The Balaban J connectivity index is 1.97. The van der Waals surface area contributed by atoms with E-state index in [0.29, 0.717) is 0 Å². The summed E-state index contributed by atoms with van der Waals surface area (Å²) in [6, 6.07) is 0. The van der Waals surface area contributed by atoms with Gasteiger partial charge in [-0.2, -0.15) is 0 Å². The minimum atomic E-state index is 0.993.